The molecule has 1 saturated heterocycles. The molecule has 3 aromatic heterocycles. The van der Waals surface area contributed by atoms with Crippen LogP contribution in [0.5, 0.6) is 0 Å². The van der Waals surface area contributed by atoms with Crippen LogP contribution in [0, 0.1) is 5.82 Å². The Morgan fingerprint density at radius 3 is 2.63 bits per heavy atom. The molecule has 0 spiro atoms. The smallest absolute Gasteiger partial charge is 0.376 e. The Morgan fingerprint density at radius 1 is 1.20 bits per heavy atom. The first-order valence-corrected chi connectivity index (χ1v) is 9.13. The van der Waals surface area contributed by atoms with E-state index < -0.39 is 35.4 Å². The Hall–Kier alpha value is -2.79. The minimum atomic E-state index is -4.91. The number of nitrogens with zero attached hydrogens (tertiary/aromatic N) is 3. The Morgan fingerprint density at radius 2 is 1.97 bits per heavy atom. The van der Waals surface area contributed by atoms with Crippen LogP contribution in [0.3, 0.4) is 0 Å². The molecular formula is C19H18F5N5O. The van der Waals surface area contributed by atoms with Crippen molar-refractivity contribution in [1.29, 1.82) is 0 Å². The van der Waals surface area contributed by atoms with Gasteiger partial charge in [0.2, 0.25) is 0 Å². The maximum atomic E-state index is 14.5. The third kappa shape index (κ3) is 3.47. The van der Waals surface area contributed by atoms with Gasteiger partial charge in [-0.1, -0.05) is 6.07 Å². The van der Waals surface area contributed by atoms with Crippen LogP contribution in [0.1, 0.15) is 12.5 Å². The van der Waals surface area contributed by atoms with E-state index in [1.807, 2.05) is 0 Å². The predicted octanol–water partition coefficient (Wildman–Crippen LogP) is 3.03. The van der Waals surface area contributed by atoms with Crippen LogP contribution >= 0.6 is 0 Å². The van der Waals surface area contributed by atoms with Gasteiger partial charge in [-0.15, -0.1) is 0 Å². The van der Waals surface area contributed by atoms with Gasteiger partial charge < -0.3 is 15.7 Å². The highest BCUT2D eigenvalue weighted by atomic mass is 19.4. The minimum Gasteiger partial charge on any atom is -0.376 e. The highest BCUT2D eigenvalue weighted by Crippen LogP contribution is 2.38. The number of alkyl halides is 4. The fraction of sp³-hybridized carbons (Fsp3) is 0.368. The number of nitrogens with one attached hydrogen (secondary N) is 2. The van der Waals surface area contributed by atoms with Gasteiger partial charge in [0.25, 0.3) is 0 Å². The lowest BCUT2D eigenvalue weighted by atomic mass is 9.97. The summed E-state index contributed by atoms with van der Waals surface area (Å²) < 4.78 is 69.2. The molecule has 6 nitrogen and oxygen atoms in total. The first-order valence-electron chi connectivity index (χ1n) is 9.13. The summed E-state index contributed by atoms with van der Waals surface area (Å²) in [6.07, 6.45) is -3.73. The zero-order chi connectivity index (χ0) is 21.7. The predicted molar refractivity (Wildman–Crippen MR) is 99.2 cm³/mol. The van der Waals surface area contributed by atoms with Gasteiger partial charge in [-0.3, -0.25) is 4.40 Å². The molecule has 0 bridgehead atoms. The third-order valence-corrected chi connectivity index (χ3v) is 5.18. The lowest BCUT2D eigenvalue weighted by Crippen LogP contribution is -2.39. The first-order chi connectivity index (χ1) is 14.1. The van der Waals surface area contributed by atoms with E-state index in [9.17, 15) is 27.1 Å². The van der Waals surface area contributed by atoms with E-state index in [4.69, 9.17) is 0 Å². The monoisotopic (exact) mass is 427 g/mol. The van der Waals surface area contributed by atoms with E-state index in [1.165, 1.54) is 22.7 Å². The lowest BCUT2D eigenvalue weighted by molar-refractivity contribution is -0.259. The van der Waals surface area contributed by atoms with E-state index in [0.29, 0.717) is 13.5 Å². The van der Waals surface area contributed by atoms with Crippen molar-refractivity contribution in [3.05, 3.63) is 48.0 Å². The lowest BCUT2D eigenvalue weighted by Gasteiger charge is -2.26. The van der Waals surface area contributed by atoms with E-state index in [1.54, 1.807) is 0 Å². The zero-order valence-electron chi connectivity index (χ0n) is 15.7. The average Bonchev–Trinajstić information content (AvgIpc) is 3.28. The van der Waals surface area contributed by atoms with Crippen LogP contribution in [0.15, 0.2) is 36.7 Å². The molecule has 1 aliphatic heterocycles. The summed E-state index contributed by atoms with van der Waals surface area (Å²) in [6.45, 7) is 1.21. The molecule has 0 radical (unpaired) electrons. The Balaban J connectivity index is 1.76. The number of hydrogen-bond donors (Lipinski definition) is 3. The van der Waals surface area contributed by atoms with Crippen LogP contribution in [-0.4, -0.2) is 51.0 Å². The second-order valence-electron chi connectivity index (χ2n) is 7.31. The molecule has 1 fully saturated rings. The summed E-state index contributed by atoms with van der Waals surface area (Å²) >= 11 is 0. The van der Waals surface area contributed by atoms with Crippen LogP contribution < -0.4 is 10.6 Å². The zero-order valence-corrected chi connectivity index (χ0v) is 15.7. The van der Waals surface area contributed by atoms with Crippen LogP contribution in [0.25, 0.3) is 17.0 Å². The van der Waals surface area contributed by atoms with Crippen molar-refractivity contribution >= 4 is 11.5 Å². The number of halogens is 5. The van der Waals surface area contributed by atoms with Gasteiger partial charge in [0.15, 0.2) is 11.4 Å². The summed E-state index contributed by atoms with van der Waals surface area (Å²) in [5, 5.41) is 15.7. The second kappa shape index (κ2) is 7.17. The summed E-state index contributed by atoms with van der Waals surface area (Å²) in [5.74, 6) is -0.507. The van der Waals surface area contributed by atoms with Crippen molar-refractivity contribution in [3.63, 3.8) is 0 Å². The molecule has 3 N–H and O–H groups in total. The van der Waals surface area contributed by atoms with E-state index >= 15 is 0 Å². The molecule has 160 valence electrons. The number of anilines is 1. The summed E-state index contributed by atoms with van der Waals surface area (Å²) in [7, 11) is 0. The SMILES string of the molecule is C[C@](O)(c1ccc2ncc(-c3nc(N[C@@H]4CNC[C@H]4F)ccc3F)n2c1)C(F)(F)F. The largest absolute Gasteiger partial charge is 0.421 e. The highest BCUT2D eigenvalue weighted by molar-refractivity contribution is 5.63. The molecular weight excluding hydrogens is 409 g/mol. The van der Waals surface area contributed by atoms with Crippen molar-refractivity contribution in [2.45, 2.75) is 30.9 Å². The Kier molecular flexibility index (Phi) is 4.89. The van der Waals surface area contributed by atoms with Crippen LogP contribution in [0.2, 0.25) is 0 Å². The van der Waals surface area contributed by atoms with Gasteiger partial charge >= 0.3 is 6.18 Å². The van der Waals surface area contributed by atoms with Crippen molar-refractivity contribution in [3.8, 4) is 11.4 Å². The summed E-state index contributed by atoms with van der Waals surface area (Å²) in [6, 6.07) is 4.35. The molecule has 30 heavy (non-hydrogen) atoms. The van der Waals surface area contributed by atoms with Crippen molar-refractivity contribution in [1.82, 2.24) is 19.7 Å². The number of aromatic nitrogens is 3. The number of aliphatic hydroxyl groups is 1. The third-order valence-electron chi connectivity index (χ3n) is 5.18. The van der Waals surface area contributed by atoms with Gasteiger partial charge in [-0.25, -0.2) is 18.7 Å². The van der Waals surface area contributed by atoms with Gasteiger partial charge in [-0.05, 0) is 25.1 Å². The molecule has 3 aromatic rings. The Bertz CT molecular complexity index is 1080. The molecule has 0 amide bonds. The molecule has 0 aromatic carbocycles. The molecule has 4 heterocycles. The summed E-state index contributed by atoms with van der Waals surface area (Å²) in [5.41, 5.74) is -3.38. The topological polar surface area (TPSA) is 74.5 Å². The molecule has 1 aliphatic rings. The van der Waals surface area contributed by atoms with Gasteiger partial charge in [0, 0.05) is 24.8 Å². The molecule has 0 saturated carbocycles. The normalized spacial score (nSPS) is 21.7. The maximum absolute atomic E-state index is 14.5. The first kappa shape index (κ1) is 20.5. The second-order valence-corrected chi connectivity index (χ2v) is 7.31. The average molecular weight is 427 g/mol. The van der Waals surface area contributed by atoms with Crippen LogP contribution in [-0.2, 0) is 5.60 Å². The van der Waals surface area contributed by atoms with Crippen molar-refractivity contribution < 1.29 is 27.1 Å². The van der Waals surface area contributed by atoms with Gasteiger partial charge in [0.1, 0.15) is 23.3 Å². The number of rotatable bonds is 4. The van der Waals surface area contributed by atoms with Crippen molar-refractivity contribution in [2.24, 2.45) is 0 Å². The fourth-order valence-corrected chi connectivity index (χ4v) is 3.29. The van der Waals surface area contributed by atoms with Crippen molar-refractivity contribution in [2.75, 3.05) is 18.4 Å². The number of fused-ring (bicyclic) bond motifs is 1. The Labute approximate surface area is 167 Å². The van der Waals surface area contributed by atoms with Gasteiger partial charge in [0.05, 0.1) is 17.9 Å². The maximum Gasteiger partial charge on any atom is 0.421 e. The van der Waals surface area contributed by atoms with Crippen LogP contribution in [0.4, 0.5) is 27.8 Å². The standard InChI is InChI=1S/C19H18F5N5O/c1-18(30,19(22,23)24)10-2-5-16-26-8-14(29(16)9-10)17-11(20)3-4-15(28-17)27-13-7-25-6-12(13)21/h2-5,8-9,12-13,25,30H,6-7H2,1H3,(H,27,28)/t12-,13-,18+/m1/s1. The highest BCUT2D eigenvalue weighted by Gasteiger charge is 2.51. The quantitative estimate of drug-likeness (QED) is 0.559. The van der Waals surface area contributed by atoms with E-state index in [2.05, 4.69) is 20.6 Å². The number of pyridine rings is 2. The number of imidazole rings is 1. The molecule has 0 unspecified atom stereocenters. The molecule has 0 aliphatic carbocycles. The minimum absolute atomic E-state index is 0.0901. The van der Waals surface area contributed by atoms with Gasteiger partial charge in [-0.2, -0.15) is 13.2 Å². The molecule has 3 atom stereocenters. The fourth-order valence-electron chi connectivity index (χ4n) is 3.29. The number of hydrogen-bond acceptors (Lipinski definition) is 5. The molecule has 11 heteroatoms. The van der Waals surface area contributed by atoms with E-state index in [-0.39, 0.29) is 29.4 Å². The van der Waals surface area contributed by atoms with E-state index in [0.717, 1.165) is 18.3 Å². The molecule has 4 rings (SSSR count). The summed E-state index contributed by atoms with van der Waals surface area (Å²) in [4.78, 5) is 8.25.